The molecule has 2 rings (SSSR count). The van der Waals surface area contributed by atoms with Crippen LogP contribution in [0.3, 0.4) is 0 Å². The Labute approximate surface area is 94.7 Å². The second-order valence-electron chi connectivity index (χ2n) is 3.77. The molecule has 0 bridgehead atoms. The van der Waals surface area contributed by atoms with Crippen LogP contribution >= 0.6 is 11.6 Å². The van der Waals surface area contributed by atoms with Crippen LogP contribution in [-0.2, 0) is 4.84 Å². The van der Waals surface area contributed by atoms with E-state index < -0.39 is 0 Å². The van der Waals surface area contributed by atoms with Crippen molar-refractivity contribution in [2.75, 3.05) is 24.6 Å². The van der Waals surface area contributed by atoms with Gasteiger partial charge >= 0.3 is 0 Å². The van der Waals surface area contributed by atoms with Crippen LogP contribution in [0.2, 0.25) is 5.02 Å². The van der Waals surface area contributed by atoms with Crippen molar-refractivity contribution in [1.82, 2.24) is 0 Å². The van der Waals surface area contributed by atoms with Gasteiger partial charge in [-0.25, -0.2) is 5.90 Å². The van der Waals surface area contributed by atoms with Gasteiger partial charge in [0.05, 0.1) is 6.61 Å². The molecule has 0 aromatic heterocycles. The summed E-state index contributed by atoms with van der Waals surface area (Å²) in [6, 6.07) is 6.00. The summed E-state index contributed by atoms with van der Waals surface area (Å²) in [6.07, 6.45) is 0. The Morgan fingerprint density at radius 3 is 3.07 bits per heavy atom. The second-order valence-corrected chi connectivity index (χ2v) is 4.21. The molecule has 0 spiro atoms. The molecule has 1 aromatic rings. The van der Waals surface area contributed by atoms with E-state index in [4.69, 9.17) is 22.3 Å². The minimum Gasteiger partial charge on any atom is -0.371 e. The third-order valence-electron chi connectivity index (χ3n) is 2.89. The van der Waals surface area contributed by atoms with Gasteiger partial charge in [0.1, 0.15) is 0 Å². The molecule has 1 aromatic carbocycles. The van der Waals surface area contributed by atoms with Crippen LogP contribution in [0, 0.1) is 0 Å². The van der Waals surface area contributed by atoms with Crippen molar-refractivity contribution in [1.29, 1.82) is 0 Å². The molecule has 0 radical (unpaired) electrons. The number of hydrogen-bond donors (Lipinski definition) is 1. The van der Waals surface area contributed by atoms with Crippen LogP contribution in [0.5, 0.6) is 0 Å². The Balaban J connectivity index is 2.34. The molecule has 1 aliphatic rings. The molecule has 1 aliphatic heterocycles. The molecule has 1 atom stereocenters. The van der Waals surface area contributed by atoms with E-state index in [1.807, 2.05) is 12.1 Å². The molecule has 0 saturated heterocycles. The Bertz CT molecular complexity index is 356. The third kappa shape index (κ3) is 1.95. The first-order valence-electron chi connectivity index (χ1n) is 5.12. The van der Waals surface area contributed by atoms with E-state index in [2.05, 4.69) is 17.9 Å². The standard InChI is InChI=1S/C11H15ClN2O/c1-2-14-6-8(7-15-13)10-5-9(12)3-4-11(10)14/h3-5,8H,2,6-7,13H2,1H3. The Hall–Kier alpha value is -0.770. The van der Waals surface area contributed by atoms with Gasteiger partial charge in [-0.1, -0.05) is 11.6 Å². The maximum Gasteiger partial charge on any atom is 0.0765 e. The molecule has 0 saturated carbocycles. The summed E-state index contributed by atoms with van der Waals surface area (Å²) in [4.78, 5) is 7.06. The Kier molecular flexibility index (Phi) is 3.14. The van der Waals surface area contributed by atoms with E-state index >= 15 is 0 Å². The lowest BCUT2D eigenvalue weighted by Crippen LogP contribution is -2.23. The molecule has 1 heterocycles. The fourth-order valence-electron chi connectivity index (χ4n) is 2.16. The lowest BCUT2D eigenvalue weighted by atomic mass is 10.0. The van der Waals surface area contributed by atoms with E-state index in [1.54, 1.807) is 0 Å². The Morgan fingerprint density at radius 1 is 1.60 bits per heavy atom. The highest BCUT2D eigenvalue weighted by Gasteiger charge is 2.27. The van der Waals surface area contributed by atoms with Gasteiger partial charge in [-0.05, 0) is 30.7 Å². The largest absolute Gasteiger partial charge is 0.371 e. The fourth-order valence-corrected chi connectivity index (χ4v) is 2.34. The summed E-state index contributed by atoms with van der Waals surface area (Å²) >= 11 is 5.99. The average Bonchev–Trinajstić information content (AvgIpc) is 2.57. The molecule has 2 N–H and O–H groups in total. The monoisotopic (exact) mass is 226 g/mol. The normalized spacial score (nSPS) is 19.4. The van der Waals surface area contributed by atoms with E-state index in [0.717, 1.165) is 18.1 Å². The molecule has 0 aliphatic carbocycles. The van der Waals surface area contributed by atoms with E-state index in [-0.39, 0.29) is 0 Å². The van der Waals surface area contributed by atoms with Crippen molar-refractivity contribution >= 4 is 17.3 Å². The number of nitrogens with two attached hydrogens (primary N) is 1. The first-order chi connectivity index (χ1) is 7.26. The van der Waals surface area contributed by atoms with Crippen LogP contribution in [0.1, 0.15) is 18.4 Å². The van der Waals surface area contributed by atoms with E-state index in [0.29, 0.717) is 12.5 Å². The van der Waals surface area contributed by atoms with Gasteiger partial charge in [0, 0.05) is 29.7 Å². The zero-order chi connectivity index (χ0) is 10.8. The van der Waals surface area contributed by atoms with Gasteiger partial charge in [-0.15, -0.1) is 0 Å². The highest BCUT2D eigenvalue weighted by molar-refractivity contribution is 6.30. The summed E-state index contributed by atoms with van der Waals surface area (Å²) < 4.78 is 0. The SMILES string of the molecule is CCN1CC(CON)c2cc(Cl)ccc21. The summed E-state index contributed by atoms with van der Waals surface area (Å²) in [7, 11) is 0. The van der Waals surface area contributed by atoms with Crippen molar-refractivity contribution < 1.29 is 4.84 Å². The highest BCUT2D eigenvalue weighted by atomic mass is 35.5. The van der Waals surface area contributed by atoms with Crippen molar-refractivity contribution in [2.24, 2.45) is 5.90 Å². The van der Waals surface area contributed by atoms with Crippen LogP contribution < -0.4 is 10.8 Å². The Morgan fingerprint density at radius 2 is 2.40 bits per heavy atom. The molecule has 82 valence electrons. The molecular formula is C11H15ClN2O. The number of benzene rings is 1. The summed E-state index contributed by atoms with van der Waals surface area (Å²) in [5, 5.41) is 0.772. The highest BCUT2D eigenvalue weighted by Crippen LogP contribution is 2.37. The number of nitrogens with zero attached hydrogens (tertiary/aromatic N) is 1. The number of halogens is 1. The minimum absolute atomic E-state index is 0.337. The van der Waals surface area contributed by atoms with Crippen molar-refractivity contribution in [2.45, 2.75) is 12.8 Å². The smallest absolute Gasteiger partial charge is 0.0765 e. The quantitative estimate of drug-likeness (QED) is 0.803. The van der Waals surface area contributed by atoms with Crippen molar-refractivity contribution in [3.8, 4) is 0 Å². The van der Waals surface area contributed by atoms with E-state index in [9.17, 15) is 0 Å². The zero-order valence-electron chi connectivity index (χ0n) is 8.74. The third-order valence-corrected chi connectivity index (χ3v) is 3.13. The fraction of sp³-hybridized carbons (Fsp3) is 0.455. The number of hydrogen-bond acceptors (Lipinski definition) is 3. The average molecular weight is 227 g/mol. The molecule has 3 nitrogen and oxygen atoms in total. The van der Waals surface area contributed by atoms with Crippen LogP contribution in [-0.4, -0.2) is 19.7 Å². The minimum atomic E-state index is 0.337. The predicted molar refractivity (Wildman–Crippen MR) is 62.2 cm³/mol. The molecule has 0 amide bonds. The summed E-state index contributed by atoms with van der Waals surface area (Å²) in [5.41, 5.74) is 2.50. The van der Waals surface area contributed by atoms with Gasteiger partial charge in [0.2, 0.25) is 0 Å². The molecule has 15 heavy (non-hydrogen) atoms. The maximum atomic E-state index is 5.99. The van der Waals surface area contributed by atoms with Crippen LogP contribution in [0.25, 0.3) is 0 Å². The molecule has 4 heteroatoms. The molecule has 1 unspecified atom stereocenters. The summed E-state index contributed by atoms with van der Waals surface area (Å²) in [6.45, 7) is 4.65. The number of fused-ring (bicyclic) bond motifs is 1. The summed E-state index contributed by atoms with van der Waals surface area (Å²) in [5.74, 6) is 5.48. The van der Waals surface area contributed by atoms with Gasteiger partial charge in [0.25, 0.3) is 0 Å². The maximum absolute atomic E-state index is 5.99. The van der Waals surface area contributed by atoms with Crippen molar-refractivity contribution in [3.63, 3.8) is 0 Å². The van der Waals surface area contributed by atoms with Gasteiger partial charge in [-0.3, -0.25) is 0 Å². The van der Waals surface area contributed by atoms with Crippen LogP contribution in [0.4, 0.5) is 5.69 Å². The topological polar surface area (TPSA) is 38.5 Å². The second kappa shape index (κ2) is 4.39. The first-order valence-corrected chi connectivity index (χ1v) is 5.50. The lowest BCUT2D eigenvalue weighted by Gasteiger charge is -2.16. The number of anilines is 1. The van der Waals surface area contributed by atoms with Gasteiger partial charge in [0.15, 0.2) is 0 Å². The van der Waals surface area contributed by atoms with E-state index in [1.165, 1.54) is 11.3 Å². The molecular weight excluding hydrogens is 212 g/mol. The number of likely N-dealkylation sites (N-methyl/N-ethyl adjacent to an activating group) is 1. The van der Waals surface area contributed by atoms with Gasteiger partial charge in [-0.2, -0.15) is 0 Å². The first kappa shape index (κ1) is 10.7. The molecule has 0 fully saturated rings. The van der Waals surface area contributed by atoms with Crippen molar-refractivity contribution in [3.05, 3.63) is 28.8 Å². The number of rotatable bonds is 3. The lowest BCUT2D eigenvalue weighted by molar-refractivity contribution is 0.126. The predicted octanol–water partition coefficient (Wildman–Crippen LogP) is 2.15. The zero-order valence-corrected chi connectivity index (χ0v) is 9.50. The van der Waals surface area contributed by atoms with Crippen LogP contribution in [0.15, 0.2) is 18.2 Å². The van der Waals surface area contributed by atoms with Gasteiger partial charge < -0.3 is 9.74 Å².